The van der Waals surface area contributed by atoms with E-state index in [-0.39, 0.29) is 5.91 Å². The van der Waals surface area contributed by atoms with Crippen LogP contribution in [0.3, 0.4) is 0 Å². The van der Waals surface area contributed by atoms with E-state index < -0.39 is 0 Å². The van der Waals surface area contributed by atoms with Gasteiger partial charge >= 0.3 is 0 Å². The van der Waals surface area contributed by atoms with Gasteiger partial charge in [0, 0.05) is 39.1 Å². The van der Waals surface area contributed by atoms with Crippen molar-refractivity contribution in [3.8, 4) is 0 Å². The average Bonchev–Trinajstić information content (AvgIpc) is 3.12. The molecule has 1 amide bonds. The average molecular weight is 280 g/mol. The second-order valence-electron chi connectivity index (χ2n) is 6.76. The number of carbonyl (C=O) groups excluding carboxylic acids is 1. The zero-order valence-corrected chi connectivity index (χ0v) is 13.0. The SMILES string of the molecule is CN=C(NCCCC(=O)NC1CC1)N1CCC(C)(C)C1. The Bertz CT molecular complexity index is 374. The van der Waals surface area contributed by atoms with Gasteiger partial charge in [0.1, 0.15) is 0 Å². The second kappa shape index (κ2) is 6.46. The fraction of sp³-hybridized carbons (Fsp3) is 0.867. The maximum absolute atomic E-state index is 11.6. The molecule has 2 aliphatic rings. The highest BCUT2D eigenvalue weighted by molar-refractivity contribution is 5.80. The fourth-order valence-corrected chi connectivity index (χ4v) is 2.60. The van der Waals surface area contributed by atoms with Crippen molar-refractivity contribution in [2.75, 3.05) is 26.7 Å². The van der Waals surface area contributed by atoms with Crippen LogP contribution in [0.5, 0.6) is 0 Å². The van der Waals surface area contributed by atoms with Crippen molar-refractivity contribution in [1.29, 1.82) is 0 Å². The number of nitrogens with zero attached hydrogens (tertiary/aromatic N) is 2. The minimum atomic E-state index is 0.187. The molecule has 0 unspecified atom stereocenters. The third kappa shape index (κ3) is 4.69. The third-order valence-electron chi connectivity index (χ3n) is 3.99. The van der Waals surface area contributed by atoms with Gasteiger partial charge < -0.3 is 15.5 Å². The summed E-state index contributed by atoms with van der Waals surface area (Å²) in [6, 6.07) is 0.468. The summed E-state index contributed by atoms with van der Waals surface area (Å²) in [7, 11) is 1.83. The van der Waals surface area contributed by atoms with Gasteiger partial charge in [0.15, 0.2) is 5.96 Å². The lowest BCUT2D eigenvalue weighted by atomic mass is 9.93. The summed E-state index contributed by atoms with van der Waals surface area (Å²) in [5.74, 6) is 1.16. The van der Waals surface area contributed by atoms with Gasteiger partial charge in [-0.2, -0.15) is 0 Å². The summed E-state index contributed by atoms with van der Waals surface area (Å²) >= 11 is 0. The number of guanidine groups is 1. The van der Waals surface area contributed by atoms with E-state index in [1.165, 1.54) is 6.42 Å². The fourth-order valence-electron chi connectivity index (χ4n) is 2.60. The predicted molar refractivity (Wildman–Crippen MR) is 81.7 cm³/mol. The smallest absolute Gasteiger partial charge is 0.220 e. The highest BCUT2D eigenvalue weighted by Gasteiger charge is 2.30. The molecule has 1 saturated heterocycles. The van der Waals surface area contributed by atoms with E-state index in [9.17, 15) is 4.79 Å². The molecule has 0 bridgehead atoms. The van der Waals surface area contributed by atoms with E-state index in [2.05, 4.69) is 34.4 Å². The minimum absolute atomic E-state index is 0.187. The Morgan fingerprint density at radius 3 is 2.70 bits per heavy atom. The van der Waals surface area contributed by atoms with E-state index >= 15 is 0 Å². The van der Waals surface area contributed by atoms with Crippen LogP contribution in [0.1, 0.15) is 46.0 Å². The van der Waals surface area contributed by atoms with Crippen LogP contribution in [0.2, 0.25) is 0 Å². The predicted octanol–water partition coefficient (Wildman–Crippen LogP) is 1.35. The van der Waals surface area contributed by atoms with Crippen molar-refractivity contribution in [3.05, 3.63) is 0 Å². The van der Waals surface area contributed by atoms with Crippen molar-refractivity contribution in [1.82, 2.24) is 15.5 Å². The number of hydrogen-bond donors (Lipinski definition) is 2. The van der Waals surface area contributed by atoms with Crippen LogP contribution in [-0.4, -0.2) is 49.5 Å². The molecule has 2 N–H and O–H groups in total. The monoisotopic (exact) mass is 280 g/mol. The number of hydrogen-bond acceptors (Lipinski definition) is 2. The molecule has 1 saturated carbocycles. The summed E-state index contributed by atoms with van der Waals surface area (Å²) < 4.78 is 0. The van der Waals surface area contributed by atoms with E-state index in [1.807, 2.05) is 7.05 Å². The Morgan fingerprint density at radius 1 is 1.40 bits per heavy atom. The molecule has 0 aromatic carbocycles. The van der Waals surface area contributed by atoms with Gasteiger partial charge in [-0.05, 0) is 31.1 Å². The highest BCUT2D eigenvalue weighted by atomic mass is 16.1. The zero-order chi connectivity index (χ0) is 14.6. The normalized spacial score (nSPS) is 21.9. The Balaban J connectivity index is 1.63. The van der Waals surface area contributed by atoms with Crippen molar-refractivity contribution >= 4 is 11.9 Å². The van der Waals surface area contributed by atoms with Crippen molar-refractivity contribution in [2.24, 2.45) is 10.4 Å². The lowest BCUT2D eigenvalue weighted by Gasteiger charge is -2.23. The molecule has 5 heteroatoms. The molecule has 1 heterocycles. The topological polar surface area (TPSA) is 56.7 Å². The van der Waals surface area contributed by atoms with Gasteiger partial charge in [-0.3, -0.25) is 9.79 Å². The lowest BCUT2D eigenvalue weighted by Crippen LogP contribution is -2.41. The van der Waals surface area contributed by atoms with Crippen LogP contribution >= 0.6 is 0 Å². The van der Waals surface area contributed by atoms with Crippen molar-refractivity contribution in [3.63, 3.8) is 0 Å². The number of amides is 1. The molecule has 0 spiro atoms. The first kappa shape index (κ1) is 15.1. The molecular formula is C15H28N4O. The maximum Gasteiger partial charge on any atom is 0.220 e. The molecule has 2 rings (SSSR count). The van der Waals surface area contributed by atoms with Crippen LogP contribution in [0.15, 0.2) is 4.99 Å². The number of rotatable bonds is 5. The molecule has 114 valence electrons. The van der Waals surface area contributed by atoms with Crippen LogP contribution in [0.4, 0.5) is 0 Å². The second-order valence-corrected chi connectivity index (χ2v) is 6.76. The van der Waals surface area contributed by atoms with E-state index in [1.54, 1.807) is 0 Å². The Kier molecular flexibility index (Phi) is 4.89. The zero-order valence-electron chi connectivity index (χ0n) is 13.0. The molecule has 0 aromatic heterocycles. The van der Waals surface area contributed by atoms with Gasteiger partial charge in [-0.15, -0.1) is 0 Å². The first-order valence-corrected chi connectivity index (χ1v) is 7.75. The molecule has 1 aliphatic carbocycles. The standard InChI is InChI=1S/C15H28N4O/c1-15(2)8-10-19(11-15)14(16-3)17-9-4-5-13(20)18-12-6-7-12/h12H,4-11H2,1-3H3,(H,16,17)(H,18,20). The number of likely N-dealkylation sites (tertiary alicyclic amines) is 1. The van der Waals surface area contributed by atoms with Crippen LogP contribution < -0.4 is 10.6 Å². The third-order valence-corrected chi connectivity index (χ3v) is 3.99. The minimum Gasteiger partial charge on any atom is -0.356 e. The van der Waals surface area contributed by atoms with E-state index in [0.717, 1.165) is 44.9 Å². The van der Waals surface area contributed by atoms with Crippen molar-refractivity contribution < 1.29 is 4.79 Å². The summed E-state index contributed by atoms with van der Waals surface area (Å²) in [6.45, 7) is 7.51. The van der Waals surface area contributed by atoms with Crippen LogP contribution in [-0.2, 0) is 4.79 Å². The number of carbonyl (C=O) groups is 1. The van der Waals surface area contributed by atoms with E-state index in [0.29, 0.717) is 17.9 Å². The number of nitrogens with one attached hydrogen (secondary N) is 2. The van der Waals surface area contributed by atoms with Crippen LogP contribution in [0.25, 0.3) is 0 Å². The highest BCUT2D eigenvalue weighted by Crippen LogP contribution is 2.28. The summed E-state index contributed by atoms with van der Waals surface area (Å²) in [4.78, 5) is 18.2. The number of aliphatic imine (C=N–C) groups is 1. The Hall–Kier alpha value is -1.26. The van der Waals surface area contributed by atoms with Gasteiger partial charge in [0.25, 0.3) is 0 Å². The van der Waals surface area contributed by atoms with Gasteiger partial charge in [0.2, 0.25) is 5.91 Å². The van der Waals surface area contributed by atoms with Crippen LogP contribution in [0, 0.1) is 5.41 Å². The first-order chi connectivity index (χ1) is 9.50. The Morgan fingerprint density at radius 2 is 2.15 bits per heavy atom. The van der Waals surface area contributed by atoms with Gasteiger partial charge in [-0.1, -0.05) is 13.8 Å². The molecule has 20 heavy (non-hydrogen) atoms. The molecule has 0 radical (unpaired) electrons. The molecule has 0 aromatic rings. The van der Waals surface area contributed by atoms with Gasteiger partial charge in [-0.25, -0.2) is 0 Å². The Labute approximate surface area is 122 Å². The molecule has 1 aliphatic heterocycles. The first-order valence-electron chi connectivity index (χ1n) is 7.75. The van der Waals surface area contributed by atoms with Gasteiger partial charge in [0.05, 0.1) is 0 Å². The molecule has 0 atom stereocenters. The quantitative estimate of drug-likeness (QED) is 0.454. The molecular weight excluding hydrogens is 252 g/mol. The summed E-state index contributed by atoms with van der Waals surface area (Å²) in [5.41, 5.74) is 0.377. The molecule has 5 nitrogen and oxygen atoms in total. The maximum atomic E-state index is 11.6. The lowest BCUT2D eigenvalue weighted by molar-refractivity contribution is -0.121. The van der Waals surface area contributed by atoms with Crippen molar-refractivity contribution in [2.45, 2.75) is 52.0 Å². The largest absolute Gasteiger partial charge is 0.356 e. The summed E-state index contributed by atoms with van der Waals surface area (Å²) in [5, 5.41) is 6.38. The summed E-state index contributed by atoms with van der Waals surface area (Å²) in [6.07, 6.45) is 4.97. The molecule has 2 fully saturated rings. The van der Waals surface area contributed by atoms with E-state index in [4.69, 9.17) is 0 Å².